The third kappa shape index (κ3) is 3.65. The maximum Gasteiger partial charge on any atom is 0.363 e. The van der Waals surface area contributed by atoms with E-state index in [1.54, 1.807) is 30.3 Å². The van der Waals surface area contributed by atoms with E-state index in [0.717, 1.165) is 0 Å². The van der Waals surface area contributed by atoms with Crippen molar-refractivity contribution in [1.82, 2.24) is 0 Å². The molecule has 2 heterocycles. The van der Waals surface area contributed by atoms with Crippen molar-refractivity contribution in [1.29, 1.82) is 0 Å². The first-order chi connectivity index (χ1) is 13.0. The van der Waals surface area contributed by atoms with Crippen LogP contribution in [0.3, 0.4) is 0 Å². The minimum atomic E-state index is -0.614. The Morgan fingerprint density at radius 1 is 1.00 bits per heavy atom. The fraction of sp³-hybridized carbons (Fsp3) is 0. The second-order valence-electron chi connectivity index (χ2n) is 5.67. The Balaban J connectivity index is 1.63. The second kappa shape index (κ2) is 7.02. The van der Waals surface area contributed by atoms with Crippen LogP contribution in [0.2, 0.25) is 10.0 Å². The van der Waals surface area contributed by atoms with E-state index < -0.39 is 5.97 Å². The van der Waals surface area contributed by atoms with Crippen molar-refractivity contribution in [2.45, 2.75) is 0 Å². The van der Waals surface area contributed by atoms with Crippen LogP contribution in [-0.2, 0) is 9.53 Å². The Morgan fingerprint density at radius 3 is 2.52 bits per heavy atom. The average Bonchev–Trinajstić information content (AvgIpc) is 3.23. The summed E-state index contributed by atoms with van der Waals surface area (Å²) in [7, 11) is 0. The van der Waals surface area contributed by atoms with Crippen LogP contribution in [0.15, 0.2) is 69.7 Å². The van der Waals surface area contributed by atoms with Gasteiger partial charge in [0, 0.05) is 22.2 Å². The van der Waals surface area contributed by atoms with E-state index in [9.17, 15) is 9.18 Å². The van der Waals surface area contributed by atoms with Crippen molar-refractivity contribution in [2.24, 2.45) is 4.99 Å². The van der Waals surface area contributed by atoms with E-state index in [4.69, 9.17) is 32.4 Å². The molecular formula is C20H10Cl2FNO3. The maximum atomic E-state index is 13.0. The van der Waals surface area contributed by atoms with Gasteiger partial charge in [0.1, 0.15) is 17.3 Å². The standard InChI is InChI=1S/C20H10Cl2FNO3/c21-12-3-7-15(16(22)9-12)18-8-6-14(26-18)10-17-20(25)27-19(24-17)11-1-4-13(23)5-2-11/h1-10H. The van der Waals surface area contributed by atoms with Crippen molar-refractivity contribution < 1.29 is 18.3 Å². The molecule has 0 bridgehead atoms. The van der Waals surface area contributed by atoms with Crippen LogP contribution < -0.4 is 0 Å². The van der Waals surface area contributed by atoms with Crippen molar-refractivity contribution in [3.8, 4) is 11.3 Å². The van der Waals surface area contributed by atoms with Crippen LogP contribution >= 0.6 is 23.2 Å². The highest BCUT2D eigenvalue weighted by molar-refractivity contribution is 6.36. The molecule has 27 heavy (non-hydrogen) atoms. The molecule has 0 saturated heterocycles. The Hall–Kier alpha value is -2.89. The number of hydrogen-bond acceptors (Lipinski definition) is 4. The minimum Gasteiger partial charge on any atom is -0.457 e. The first kappa shape index (κ1) is 17.5. The average molecular weight is 402 g/mol. The highest BCUT2D eigenvalue weighted by atomic mass is 35.5. The lowest BCUT2D eigenvalue weighted by Gasteiger charge is -2.00. The van der Waals surface area contributed by atoms with Crippen LogP contribution in [0.4, 0.5) is 4.39 Å². The van der Waals surface area contributed by atoms with E-state index in [1.807, 2.05) is 0 Å². The predicted molar refractivity (Wildman–Crippen MR) is 101 cm³/mol. The maximum absolute atomic E-state index is 13.0. The van der Waals surface area contributed by atoms with Gasteiger partial charge in [-0.2, -0.15) is 0 Å². The largest absolute Gasteiger partial charge is 0.457 e. The summed E-state index contributed by atoms with van der Waals surface area (Å²) in [6.07, 6.45) is 1.46. The quantitative estimate of drug-likeness (QED) is 0.415. The number of esters is 1. The smallest absolute Gasteiger partial charge is 0.363 e. The predicted octanol–water partition coefficient (Wildman–Crippen LogP) is 5.74. The monoisotopic (exact) mass is 401 g/mol. The van der Waals surface area contributed by atoms with E-state index in [1.165, 1.54) is 30.3 Å². The number of carbonyl (C=O) groups excluding carboxylic acids is 1. The molecular weight excluding hydrogens is 392 g/mol. The zero-order valence-corrected chi connectivity index (χ0v) is 15.1. The topological polar surface area (TPSA) is 51.8 Å². The highest BCUT2D eigenvalue weighted by Gasteiger charge is 2.24. The number of cyclic esters (lactones) is 1. The molecule has 0 fully saturated rings. The van der Waals surface area contributed by atoms with Gasteiger partial charge in [0.05, 0.1) is 5.02 Å². The Kier molecular flexibility index (Phi) is 4.56. The van der Waals surface area contributed by atoms with Gasteiger partial charge in [-0.15, -0.1) is 0 Å². The molecule has 2 aromatic carbocycles. The van der Waals surface area contributed by atoms with Gasteiger partial charge in [-0.3, -0.25) is 0 Å². The molecule has 1 aromatic heterocycles. The summed E-state index contributed by atoms with van der Waals surface area (Å²) in [4.78, 5) is 16.2. The molecule has 1 aliphatic rings. The normalized spacial score (nSPS) is 15.1. The molecule has 7 heteroatoms. The molecule has 4 rings (SSSR count). The fourth-order valence-electron chi connectivity index (χ4n) is 2.52. The Bertz CT molecular complexity index is 1100. The SMILES string of the molecule is O=C1OC(c2ccc(F)cc2)=NC1=Cc1ccc(-c2ccc(Cl)cc2Cl)o1. The van der Waals surface area contributed by atoms with Gasteiger partial charge in [0.2, 0.25) is 5.90 Å². The molecule has 0 spiro atoms. The number of nitrogens with zero attached hydrogens (tertiary/aromatic N) is 1. The number of hydrogen-bond donors (Lipinski definition) is 0. The van der Waals surface area contributed by atoms with Gasteiger partial charge in [-0.25, -0.2) is 14.2 Å². The fourth-order valence-corrected chi connectivity index (χ4v) is 3.03. The number of ether oxygens (including phenoxy) is 1. The third-order valence-electron chi connectivity index (χ3n) is 3.81. The van der Waals surface area contributed by atoms with Crippen LogP contribution in [0.25, 0.3) is 17.4 Å². The summed E-state index contributed by atoms with van der Waals surface area (Å²) < 4.78 is 23.9. The molecule has 0 N–H and O–H groups in total. The van der Waals surface area contributed by atoms with Gasteiger partial charge in [0.25, 0.3) is 0 Å². The van der Waals surface area contributed by atoms with E-state index in [0.29, 0.717) is 32.7 Å². The zero-order valence-electron chi connectivity index (χ0n) is 13.6. The zero-order chi connectivity index (χ0) is 19.0. The van der Waals surface area contributed by atoms with Crippen molar-refractivity contribution in [2.75, 3.05) is 0 Å². The Morgan fingerprint density at radius 2 is 1.78 bits per heavy atom. The van der Waals surface area contributed by atoms with Crippen molar-refractivity contribution in [3.63, 3.8) is 0 Å². The van der Waals surface area contributed by atoms with Crippen LogP contribution in [0, 0.1) is 5.82 Å². The molecule has 0 saturated carbocycles. The lowest BCUT2D eigenvalue weighted by atomic mass is 10.2. The number of benzene rings is 2. The van der Waals surface area contributed by atoms with Gasteiger partial charge >= 0.3 is 5.97 Å². The first-order valence-corrected chi connectivity index (χ1v) is 8.59. The molecule has 3 aromatic rings. The molecule has 4 nitrogen and oxygen atoms in total. The molecule has 134 valence electrons. The third-order valence-corrected chi connectivity index (χ3v) is 4.36. The summed E-state index contributed by atoms with van der Waals surface area (Å²) in [5.41, 5.74) is 1.26. The molecule has 0 unspecified atom stereocenters. The van der Waals surface area contributed by atoms with Crippen LogP contribution in [0.5, 0.6) is 0 Å². The molecule has 0 radical (unpaired) electrons. The molecule has 0 aliphatic carbocycles. The van der Waals surface area contributed by atoms with Gasteiger partial charge in [-0.1, -0.05) is 23.2 Å². The summed E-state index contributed by atoms with van der Waals surface area (Å²) >= 11 is 12.1. The van der Waals surface area contributed by atoms with Crippen LogP contribution in [-0.4, -0.2) is 11.9 Å². The van der Waals surface area contributed by atoms with E-state index in [-0.39, 0.29) is 17.4 Å². The summed E-state index contributed by atoms with van der Waals surface area (Å²) in [5.74, 6) is 0.0451. The highest BCUT2D eigenvalue weighted by Crippen LogP contribution is 2.32. The molecule has 0 atom stereocenters. The van der Waals surface area contributed by atoms with Crippen LogP contribution in [0.1, 0.15) is 11.3 Å². The lowest BCUT2D eigenvalue weighted by molar-refractivity contribution is -0.129. The molecule has 1 aliphatic heterocycles. The Labute approximate surface area is 163 Å². The number of rotatable bonds is 3. The minimum absolute atomic E-state index is 0.0810. The van der Waals surface area contributed by atoms with E-state index in [2.05, 4.69) is 4.99 Å². The molecule has 0 amide bonds. The number of carbonyl (C=O) groups is 1. The number of aliphatic imine (C=N–C) groups is 1. The van der Waals surface area contributed by atoms with Gasteiger partial charge in [-0.05, 0) is 54.6 Å². The summed E-state index contributed by atoms with van der Waals surface area (Å²) in [6, 6.07) is 14.0. The summed E-state index contributed by atoms with van der Waals surface area (Å²) in [6.45, 7) is 0. The number of furan rings is 1. The first-order valence-electron chi connectivity index (χ1n) is 7.83. The summed E-state index contributed by atoms with van der Waals surface area (Å²) in [5, 5.41) is 0.974. The van der Waals surface area contributed by atoms with Gasteiger partial charge < -0.3 is 9.15 Å². The van der Waals surface area contributed by atoms with Crippen molar-refractivity contribution in [3.05, 3.63) is 87.5 Å². The van der Waals surface area contributed by atoms with Gasteiger partial charge in [0.15, 0.2) is 5.70 Å². The van der Waals surface area contributed by atoms with E-state index >= 15 is 0 Å². The number of halogens is 3. The second-order valence-corrected chi connectivity index (χ2v) is 6.51. The van der Waals surface area contributed by atoms with Crippen molar-refractivity contribution >= 4 is 41.1 Å². The lowest BCUT2D eigenvalue weighted by Crippen LogP contribution is -2.05.